The summed E-state index contributed by atoms with van der Waals surface area (Å²) in [4.78, 5) is 22.6. The summed E-state index contributed by atoms with van der Waals surface area (Å²) in [5.74, 6) is 4.97. The molecule has 1 aromatic rings. The topological polar surface area (TPSA) is 86.9 Å². The first-order valence-corrected chi connectivity index (χ1v) is 6.12. The van der Waals surface area contributed by atoms with E-state index in [1.54, 1.807) is 5.01 Å². The van der Waals surface area contributed by atoms with Crippen LogP contribution in [0.2, 0.25) is 0 Å². The number of hydrogen-bond donors (Lipinski definition) is 2. The number of nitrogens with zero attached hydrogens (tertiary/aromatic N) is 2. The van der Waals surface area contributed by atoms with Gasteiger partial charge in [-0.1, -0.05) is 18.2 Å². The Morgan fingerprint density at radius 2 is 1.89 bits per heavy atom. The standard InChI is InChI=1S/C13H19N3O3/c14-16(12-5-2-1-3-6-12)9-4-8-15(11-17)10-7-13(18)19/h1-3,5-6,11H,4,7-10,14H2,(H,18,19). The first-order valence-electron chi connectivity index (χ1n) is 6.12. The zero-order valence-corrected chi connectivity index (χ0v) is 10.7. The van der Waals surface area contributed by atoms with Gasteiger partial charge in [-0.25, -0.2) is 5.84 Å². The van der Waals surface area contributed by atoms with Gasteiger partial charge in [0.05, 0.1) is 12.1 Å². The van der Waals surface area contributed by atoms with Crippen molar-refractivity contribution < 1.29 is 14.7 Å². The van der Waals surface area contributed by atoms with Crippen molar-refractivity contribution in [1.82, 2.24) is 4.90 Å². The lowest BCUT2D eigenvalue weighted by Gasteiger charge is -2.21. The largest absolute Gasteiger partial charge is 0.481 e. The summed E-state index contributed by atoms with van der Waals surface area (Å²) >= 11 is 0. The number of carboxylic acids is 1. The van der Waals surface area contributed by atoms with Crippen LogP contribution in [0.4, 0.5) is 5.69 Å². The van der Waals surface area contributed by atoms with Crippen molar-refractivity contribution >= 4 is 18.1 Å². The SMILES string of the molecule is NN(CCCN(C=O)CCC(=O)O)c1ccccc1. The maximum absolute atomic E-state index is 10.8. The fourth-order valence-electron chi connectivity index (χ4n) is 1.65. The lowest BCUT2D eigenvalue weighted by molar-refractivity contribution is -0.137. The molecule has 0 heterocycles. The van der Waals surface area contributed by atoms with Crippen molar-refractivity contribution in [2.45, 2.75) is 12.8 Å². The zero-order valence-electron chi connectivity index (χ0n) is 10.7. The van der Waals surface area contributed by atoms with Gasteiger partial charge in [0.1, 0.15) is 0 Å². The summed E-state index contributed by atoms with van der Waals surface area (Å²) in [7, 11) is 0. The van der Waals surface area contributed by atoms with Gasteiger partial charge in [0.2, 0.25) is 6.41 Å². The molecule has 0 fully saturated rings. The minimum absolute atomic E-state index is 0.0379. The number of para-hydroxylation sites is 1. The number of carboxylic acid groups (broad SMARTS) is 1. The summed E-state index contributed by atoms with van der Waals surface area (Å²) in [6, 6.07) is 9.53. The van der Waals surface area contributed by atoms with Crippen molar-refractivity contribution in [3.8, 4) is 0 Å². The van der Waals surface area contributed by atoms with Crippen LogP contribution in [0.1, 0.15) is 12.8 Å². The predicted molar refractivity (Wildman–Crippen MR) is 72.5 cm³/mol. The van der Waals surface area contributed by atoms with Gasteiger partial charge in [0.15, 0.2) is 0 Å². The van der Waals surface area contributed by atoms with Crippen LogP contribution in [-0.4, -0.2) is 42.0 Å². The Labute approximate surface area is 112 Å². The number of carbonyl (C=O) groups excluding carboxylic acids is 1. The predicted octanol–water partition coefficient (Wildman–Crippen LogP) is 0.690. The molecule has 0 aliphatic carbocycles. The van der Waals surface area contributed by atoms with E-state index in [4.69, 9.17) is 10.9 Å². The van der Waals surface area contributed by atoms with Gasteiger partial charge in [-0.05, 0) is 18.6 Å². The fraction of sp³-hybridized carbons (Fsp3) is 0.385. The molecule has 0 aromatic heterocycles. The normalized spacial score (nSPS) is 9.95. The maximum atomic E-state index is 10.8. The van der Waals surface area contributed by atoms with E-state index in [9.17, 15) is 9.59 Å². The summed E-state index contributed by atoms with van der Waals surface area (Å²) in [5.41, 5.74) is 0.908. The van der Waals surface area contributed by atoms with Crippen molar-refractivity contribution in [1.29, 1.82) is 0 Å². The Bertz CT molecular complexity index is 397. The van der Waals surface area contributed by atoms with Gasteiger partial charge < -0.3 is 15.0 Å². The number of hydrazine groups is 1. The van der Waals surface area contributed by atoms with E-state index in [2.05, 4.69) is 0 Å². The second-order valence-electron chi connectivity index (χ2n) is 4.17. The van der Waals surface area contributed by atoms with E-state index in [0.717, 1.165) is 5.69 Å². The van der Waals surface area contributed by atoms with Crippen LogP contribution in [0.3, 0.4) is 0 Å². The molecular weight excluding hydrogens is 246 g/mol. The van der Waals surface area contributed by atoms with Crippen LogP contribution in [0.15, 0.2) is 30.3 Å². The highest BCUT2D eigenvalue weighted by Crippen LogP contribution is 2.09. The third kappa shape index (κ3) is 5.87. The molecule has 0 saturated carbocycles. The Hall–Kier alpha value is -2.08. The molecule has 6 nitrogen and oxygen atoms in total. The van der Waals surface area contributed by atoms with Crippen molar-refractivity contribution in [2.24, 2.45) is 5.84 Å². The van der Waals surface area contributed by atoms with E-state index in [0.29, 0.717) is 25.9 Å². The van der Waals surface area contributed by atoms with Gasteiger partial charge in [-0.3, -0.25) is 9.59 Å². The molecule has 0 aliphatic rings. The van der Waals surface area contributed by atoms with Gasteiger partial charge in [0.25, 0.3) is 0 Å². The van der Waals surface area contributed by atoms with E-state index < -0.39 is 5.97 Å². The fourth-order valence-corrected chi connectivity index (χ4v) is 1.65. The average Bonchev–Trinajstić information content (AvgIpc) is 2.43. The highest BCUT2D eigenvalue weighted by Gasteiger charge is 2.06. The molecule has 0 unspecified atom stereocenters. The minimum atomic E-state index is -0.906. The molecule has 1 aromatic carbocycles. The van der Waals surface area contributed by atoms with Crippen LogP contribution in [-0.2, 0) is 9.59 Å². The summed E-state index contributed by atoms with van der Waals surface area (Å²) in [6.45, 7) is 1.33. The van der Waals surface area contributed by atoms with Crippen molar-refractivity contribution in [3.63, 3.8) is 0 Å². The molecule has 0 atom stereocenters. The summed E-state index contributed by atoms with van der Waals surface area (Å²) in [5, 5.41) is 10.2. The first kappa shape index (κ1) is 15.0. The van der Waals surface area contributed by atoms with Crippen LogP contribution < -0.4 is 10.9 Å². The van der Waals surface area contributed by atoms with E-state index in [1.807, 2.05) is 30.3 Å². The molecule has 104 valence electrons. The van der Waals surface area contributed by atoms with Crippen LogP contribution in [0.5, 0.6) is 0 Å². The molecule has 0 spiro atoms. The highest BCUT2D eigenvalue weighted by atomic mass is 16.4. The number of anilines is 1. The Balaban J connectivity index is 2.28. The molecule has 0 radical (unpaired) electrons. The smallest absolute Gasteiger partial charge is 0.305 e. The number of hydrogen-bond acceptors (Lipinski definition) is 4. The summed E-state index contributed by atoms with van der Waals surface area (Å²) in [6.07, 6.45) is 1.32. The van der Waals surface area contributed by atoms with E-state index in [1.165, 1.54) is 4.90 Å². The summed E-state index contributed by atoms with van der Waals surface area (Å²) < 4.78 is 0. The lowest BCUT2D eigenvalue weighted by Crippen LogP contribution is -2.34. The van der Waals surface area contributed by atoms with Gasteiger partial charge >= 0.3 is 5.97 Å². The monoisotopic (exact) mass is 265 g/mol. The number of benzene rings is 1. The minimum Gasteiger partial charge on any atom is -0.481 e. The van der Waals surface area contributed by atoms with Crippen molar-refractivity contribution in [3.05, 3.63) is 30.3 Å². The molecule has 0 aliphatic heterocycles. The number of nitrogens with two attached hydrogens (primary N) is 1. The van der Waals surface area contributed by atoms with Gasteiger partial charge in [-0.15, -0.1) is 0 Å². The third-order valence-corrected chi connectivity index (χ3v) is 2.69. The molecule has 19 heavy (non-hydrogen) atoms. The zero-order chi connectivity index (χ0) is 14.1. The Kier molecular flexibility index (Phi) is 6.38. The van der Waals surface area contributed by atoms with E-state index in [-0.39, 0.29) is 13.0 Å². The second kappa shape index (κ2) is 8.10. The quantitative estimate of drug-likeness (QED) is 0.390. The molecule has 3 N–H and O–H groups in total. The molecule has 6 heteroatoms. The van der Waals surface area contributed by atoms with Gasteiger partial charge in [-0.2, -0.15) is 0 Å². The molecular formula is C13H19N3O3. The van der Waals surface area contributed by atoms with Crippen LogP contribution >= 0.6 is 0 Å². The number of amides is 1. The average molecular weight is 265 g/mol. The Morgan fingerprint density at radius 1 is 1.21 bits per heavy atom. The Morgan fingerprint density at radius 3 is 2.47 bits per heavy atom. The van der Waals surface area contributed by atoms with Crippen LogP contribution in [0.25, 0.3) is 0 Å². The molecule has 0 saturated heterocycles. The maximum Gasteiger partial charge on any atom is 0.305 e. The molecule has 0 bridgehead atoms. The number of carbonyl (C=O) groups is 2. The first-order chi connectivity index (χ1) is 9.13. The second-order valence-corrected chi connectivity index (χ2v) is 4.17. The van der Waals surface area contributed by atoms with Gasteiger partial charge in [0, 0.05) is 19.6 Å². The highest BCUT2D eigenvalue weighted by molar-refractivity contribution is 5.67. The number of aliphatic carboxylic acids is 1. The number of rotatable bonds is 9. The molecule has 1 amide bonds. The molecule has 1 rings (SSSR count). The third-order valence-electron chi connectivity index (χ3n) is 2.69. The van der Waals surface area contributed by atoms with E-state index >= 15 is 0 Å². The lowest BCUT2D eigenvalue weighted by atomic mass is 10.3. The van der Waals surface area contributed by atoms with Crippen molar-refractivity contribution in [2.75, 3.05) is 24.6 Å². The van der Waals surface area contributed by atoms with Crippen LogP contribution in [0, 0.1) is 0 Å².